The summed E-state index contributed by atoms with van der Waals surface area (Å²) in [5, 5.41) is 13.8. The first-order valence-electron chi connectivity index (χ1n) is 5.85. The summed E-state index contributed by atoms with van der Waals surface area (Å²) >= 11 is 13.2. The van der Waals surface area contributed by atoms with E-state index in [4.69, 9.17) is 0 Å². The van der Waals surface area contributed by atoms with Crippen LogP contribution in [0.25, 0.3) is 0 Å². The van der Waals surface area contributed by atoms with Crippen molar-refractivity contribution in [2.75, 3.05) is 0 Å². The van der Waals surface area contributed by atoms with Gasteiger partial charge in [0.15, 0.2) is 0 Å². The van der Waals surface area contributed by atoms with Crippen molar-refractivity contribution in [2.24, 2.45) is 5.10 Å². The molecule has 0 aliphatic carbocycles. The van der Waals surface area contributed by atoms with E-state index in [1.54, 1.807) is 30.3 Å². The molecule has 0 bridgehead atoms. The van der Waals surface area contributed by atoms with Gasteiger partial charge >= 0.3 is 0 Å². The summed E-state index contributed by atoms with van der Waals surface area (Å²) in [4.78, 5) is 11.9. The van der Waals surface area contributed by atoms with Crippen molar-refractivity contribution < 1.29 is 9.90 Å². The molecule has 2 aromatic rings. The minimum Gasteiger partial charge on any atom is -0.506 e. The van der Waals surface area contributed by atoms with Gasteiger partial charge in [-0.3, -0.25) is 4.79 Å². The molecule has 0 aromatic heterocycles. The number of benzene rings is 2. The number of nitrogens with one attached hydrogen (secondary N) is 1. The van der Waals surface area contributed by atoms with E-state index < -0.39 is 0 Å². The van der Waals surface area contributed by atoms with E-state index in [-0.39, 0.29) is 11.7 Å². The van der Waals surface area contributed by atoms with Crippen LogP contribution < -0.4 is 5.43 Å². The van der Waals surface area contributed by atoms with E-state index in [0.717, 1.165) is 4.47 Å². The number of phenols is 1. The third-order valence-corrected chi connectivity index (χ3v) is 5.24. The molecule has 0 saturated carbocycles. The van der Waals surface area contributed by atoms with Gasteiger partial charge in [0, 0.05) is 20.1 Å². The van der Waals surface area contributed by atoms with E-state index >= 15 is 0 Å². The molecule has 1 amide bonds. The van der Waals surface area contributed by atoms with Crippen LogP contribution in [0, 0.1) is 0 Å². The average molecular weight is 556 g/mol. The first-order valence-corrected chi connectivity index (χ1v) is 9.02. The Labute approximate surface area is 160 Å². The number of hydrazone groups is 1. The molecule has 22 heavy (non-hydrogen) atoms. The monoisotopic (exact) mass is 552 g/mol. The van der Waals surface area contributed by atoms with Crippen molar-refractivity contribution in [1.29, 1.82) is 0 Å². The maximum Gasteiger partial charge on any atom is 0.271 e. The molecule has 0 aliphatic rings. The summed E-state index contributed by atoms with van der Waals surface area (Å²) in [6.45, 7) is 0. The summed E-state index contributed by atoms with van der Waals surface area (Å²) < 4.78 is 2.62. The minimum absolute atomic E-state index is 0.0592. The first kappa shape index (κ1) is 17.7. The van der Waals surface area contributed by atoms with Crippen LogP contribution in [0.15, 0.2) is 53.3 Å². The number of hydrogen-bond acceptors (Lipinski definition) is 3. The lowest BCUT2D eigenvalue weighted by Crippen LogP contribution is -2.17. The average Bonchev–Trinajstić information content (AvgIpc) is 2.49. The second-order valence-electron chi connectivity index (χ2n) is 4.12. The minimum atomic E-state index is -0.322. The zero-order valence-electron chi connectivity index (χ0n) is 10.8. The zero-order valence-corrected chi connectivity index (χ0v) is 17.1. The van der Waals surface area contributed by atoms with E-state index in [1.807, 2.05) is 0 Å². The summed E-state index contributed by atoms with van der Waals surface area (Å²) in [6, 6.07) is 8.62. The Morgan fingerprint density at radius 2 is 1.73 bits per heavy atom. The van der Waals surface area contributed by atoms with Crippen molar-refractivity contribution in [1.82, 2.24) is 5.43 Å². The predicted molar refractivity (Wildman–Crippen MR) is 100 cm³/mol. The van der Waals surface area contributed by atoms with Gasteiger partial charge in [0.1, 0.15) is 5.75 Å². The molecule has 0 saturated heterocycles. The fraction of sp³-hybridized carbons (Fsp3) is 0. The highest BCUT2D eigenvalue weighted by atomic mass is 79.9. The number of halogens is 4. The molecule has 0 fully saturated rings. The maximum atomic E-state index is 11.9. The lowest BCUT2D eigenvalue weighted by atomic mass is 10.2. The van der Waals surface area contributed by atoms with Crippen LogP contribution in [0.2, 0.25) is 0 Å². The van der Waals surface area contributed by atoms with Crippen LogP contribution in [0.1, 0.15) is 15.9 Å². The first-order chi connectivity index (χ1) is 10.4. The SMILES string of the molecule is O=C(N/N=C\c1c(Br)cc(Br)c(O)c1Br)c1ccc(Br)cc1. The van der Waals surface area contributed by atoms with E-state index in [1.165, 1.54) is 6.21 Å². The van der Waals surface area contributed by atoms with Crippen molar-refractivity contribution in [2.45, 2.75) is 0 Å². The van der Waals surface area contributed by atoms with E-state index in [2.05, 4.69) is 74.2 Å². The Hall–Kier alpha value is -0.700. The molecule has 0 heterocycles. The standard InChI is InChI=1S/C14H8Br4N2O2/c15-8-3-1-7(2-4-8)14(22)20-19-6-9-10(16)5-11(17)13(21)12(9)18/h1-6,21H,(H,20,22)/b19-6-. The molecule has 114 valence electrons. The molecule has 2 rings (SSSR count). The van der Waals surface area contributed by atoms with Gasteiger partial charge in [-0.1, -0.05) is 31.9 Å². The Kier molecular flexibility index (Phi) is 6.19. The molecule has 8 heteroatoms. The van der Waals surface area contributed by atoms with Crippen LogP contribution in [-0.4, -0.2) is 17.2 Å². The third kappa shape index (κ3) is 4.18. The topological polar surface area (TPSA) is 61.7 Å². The molecule has 0 atom stereocenters. The molecule has 0 unspecified atom stereocenters. The number of hydrogen-bond donors (Lipinski definition) is 2. The fourth-order valence-corrected chi connectivity index (χ4v) is 4.12. The lowest BCUT2D eigenvalue weighted by Gasteiger charge is -2.06. The second-order valence-corrected chi connectivity index (χ2v) is 7.54. The van der Waals surface area contributed by atoms with Gasteiger partial charge in [-0.15, -0.1) is 0 Å². The maximum absolute atomic E-state index is 11.9. The number of carbonyl (C=O) groups is 1. The van der Waals surface area contributed by atoms with Crippen molar-refractivity contribution in [3.8, 4) is 5.75 Å². The number of nitrogens with zero attached hydrogens (tertiary/aromatic N) is 1. The van der Waals surface area contributed by atoms with Crippen LogP contribution in [0.5, 0.6) is 5.75 Å². The Balaban J connectivity index is 2.15. The number of aromatic hydroxyl groups is 1. The van der Waals surface area contributed by atoms with Crippen LogP contribution in [0.4, 0.5) is 0 Å². The smallest absolute Gasteiger partial charge is 0.271 e. The second kappa shape index (κ2) is 7.72. The molecule has 2 aromatic carbocycles. The molecule has 4 nitrogen and oxygen atoms in total. The zero-order chi connectivity index (χ0) is 16.3. The highest BCUT2D eigenvalue weighted by Gasteiger charge is 2.12. The highest BCUT2D eigenvalue weighted by Crippen LogP contribution is 2.38. The number of carbonyl (C=O) groups excluding carboxylic acids is 1. The Morgan fingerprint density at radius 3 is 2.36 bits per heavy atom. The van der Waals surface area contributed by atoms with Gasteiger partial charge in [-0.25, -0.2) is 5.43 Å². The fourth-order valence-electron chi connectivity index (χ4n) is 1.53. The number of rotatable bonds is 3. The van der Waals surface area contributed by atoms with Crippen molar-refractivity contribution >= 4 is 75.8 Å². The van der Waals surface area contributed by atoms with E-state index in [0.29, 0.717) is 24.5 Å². The van der Waals surface area contributed by atoms with Gasteiger partial charge in [0.2, 0.25) is 0 Å². The number of amides is 1. The molecular formula is C14H8Br4N2O2. The van der Waals surface area contributed by atoms with Gasteiger partial charge in [0.05, 0.1) is 15.2 Å². The highest BCUT2D eigenvalue weighted by molar-refractivity contribution is 9.11. The molecule has 0 aliphatic heterocycles. The summed E-state index contributed by atoms with van der Waals surface area (Å²) in [6.07, 6.45) is 1.44. The normalized spacial score (nSPS) is 10.9. The van der Waals surface area contributed by atoms with Gasteiger partial charge in [0.25, 0.3) is 5.91 Å². The predicted octanol–water partition coefficient (Wildman–Crippen LogP) is 5.21. The van der Waals surface area contributed by atoms with Gasteiger partial charge in [-0.05, 0) is 62.2 Å². The molecule has 2 N–H and O–H groups in total. The van der Waals surface area contributed by atoms with Crippen molar-refractivity contribution in [3.05, 3.63) is 59.3 Å². The van der Waals surface area contributed by atoms with Crippen LogP contribution in [-0.2, 0) is 0 Å². The third-order valence-electron chi connectivity index (χ3n) is 2.65. The quantitative estimate of drug-likeness (QED) is 0.404. The molecule has 0 spiro atoms. The van der Waals surface area contributed by atoms with Crippen LogP contribution >= 0.6 is 63.7 Å². The van der Waals surface area contributed by atoms with E-state index in [9.17, 15) is 9.90 Å². The van der Waals surface area contributed by atoms with Crippen LogP contribution in [0.3, 0.4) is 0 Å². The largest absolute Gasteiger partial charge is 0.506 e. The summed E-state index contributed by atoms with van der Waals surface area (Å²) in [7, 11) is 0. The van der Waals surface area contributed by atoms with Gasteiger partial charge < -0.3 is 5.11 Å². The number of phenolic OH excluding ortho intramolecular Hbond substituents is 1. The lowest BCUT2D eigenvalue weighted by molar-refractivity contribution is 0.0955. The molecular weight excluding hydrogens is 548 g/mol. The summed E-state index contributed by atoms with van der Waals surface area (Å²) in [5.41, 5.74) is 3.54. The van der Waals surface area contributed by atoms with Crippen molar-refractivity contribution in [3.63, 3.8) is 0 Å². The Morgan fingerprint density at radius 1 is 1.09 bits per heavy atom. The molecule has 0 radical (unpaired) electrons. The summed E-state index contributed by atoms with van der Waals surface area (Å²) in [5.74, 6) is -0.263. The van der Waals surface area contributed by atoms with Gasteiger partial charge in [-0.2, -0.15) is 5.10 Å². The Bertz CT molecular complexity index is 745.